The predicted molar refractivity (Wildman–Crippen MR) is 73.3 cm³/mol. The van der Waals surface area contributed by atoms with Crippen LogP contribution in [0.2, 0.25) is 0 Å². The third-order valence-corrected chi connectivity index (χ3v) is 4.66. The van der Waals surface area contributed by atoms with E-state index in [1.54, 1.807) is 0 Å². The zero-order chi connectivity index (χ0) is 12.1. The van der Waals surface area contributed by atoms with E-state index in [4.69, 9.17) is 0 Å². The molecule has 0 aromatic heterocycles. The number of hydrogen-bond acceptors (Lipinski definition) is 3. The molecule has 2 saturated heterocycles. The smallest absolute Gasteiger partial charge is 0.224 e. The van der Waals surface area contributed by atoms with E-state index in [9.17, 15) is 4.79 Å². The van der Waals surface area contributed by atoms with Gasteiger partial charge in [0.2, 0.25) is 5.91 Å². The fourth-order valence-corrected chi connectivity index (χ4v) is 3.50. The molecule has 0 aromatic carbocycles. The Morgan fingerprint density at radius 2 is 2.24 bits per heavy atom. The first-order valence-electron chi connectivity index (χ1n) is 6.84. The zero-order valence-electron chi connectivity index (χ0n) is 10.7. The summed E-state index contributed by atoms with van der Waals surface area (Å²) in [5.74, 6) is 1.78. The van der Waals surface area contributed by atoms with Crippen LogP contribution < -0.4 is 10.6 Å². The second-order valence-corrected chi connectivity index (χ2v) is 6.22. The first-order chi connectivity index (χ1) is 8.31. The van der Waals surface area contributed by atoms with Gasteiger partial charge in [0.05, 0.1) is 5.92 Å². The van der Waals surface area contributed by atoms with Crippen molar-refractivity contribution in [3.8, 4) is 0 Å². The molecule has 2 fully saturated rings. The highest BCUT2D eigenvalue weighted by atomic mass is 32.2. The molecule has 4 heteroatoms. The summed E-state index contributed by atoms with van der Waals surface area (Å²) in [5.41, 5.74) is 0. The minimum absolute atomic E-state index is 0.250. The van der Waals surface area contributed by atoms with Gasteiger partial charge in [-0.15, -0.1) is 0 Å². The van der Waals surface area contributed by atoms with Crippen LogP contribution >= 0.6 is 11.8 Å². The average molecular weight is 256 g/mol. The lowest BCUT2D eigenvalue weighted by atomic mass is 9.88. The van der Waals surface area contributed by atoms with E-state index in [1.165, 1.54) is 31.4 Å². The predicted octanol–water partition coefficient (Wildman–Crippen LogP) is 1.78. The SMILES string of the molecule is CSCCCCCNC(=O)C1CC2CCC1N2. The van der Waals surface area contributed by atoms with Crippen LogP contribution in [0.15, 0.2) is 0 Å². The maximum Gasteiger partial charge on any atom is 0.224 e. The Bertz CT molecular complexity index is 260. The van der Waals surface area contributed by atoms with E-state index in [0.29, 0.717) is 12.1 Å². The van der Waals surface area contributed by atoms with Crippen molar-refractivity contribution >= 4 is 17.7 Å². The summed E-state index contributed by atoms with van der Waals surface area (Å²) in [7, 11) is 0. The molecule has 0 radical (unpaired) electrons. The fraction of sp³-hybridized carbons (Fsp3) is 0.923. The summed E-state index contributed by atoms with van der Waals surface area (Å²) in [6.07, 6.45) is 9.29. The van der Waals surface area contributed by atoms with Gasteiger partial charge < -0.3 is 10.6 Å². The van der Waals surface area contributed by atoms with Crippen molar-refractivity contribution in [2.24, 2.45) is 5.92 Å². The van der Waals surface area contributed by atoms with Crippen molar-refractivity contribution in [2.75, 3.05) is 18.6 Å². The monoisotopic (exact) mass is 256 g/mol. The van der Waals surface area contributed by atoms with Crippen molar-refractivity contribution in [1.82, 2.24) is 10.6 Å². The third-order valence-electron chi connectivity index (χ3n) is 3.96. The van der Waals surface area contributed by atoms with Crippen molar-refractivity contribution in [3.63, 3.8) is 0 Å². The number of fused-ring (bicyclic) bond motifs is 2. The maximum absolute atomic E-state index is 12.0. The van der Waals surface area contributed by atoms with Gasteiger partial charge in [0.25, 0.3) is 0 Å². The van der Waals surface area contributed by atoms with E-state index in [-0.39, 0.29) is 11.8 Å². The Hall–Kier alpha value is -0.220. The molecule has 2 N–H and O–H groups in total. The standard InChI is InChI=1S/C13H24N2OS/c1-17-8-4-2-3-7-14-13(16)11-9-10-5-6-12(11)15-10/h10-12,15H,2-9H2,1H3,(H,14,16). The van der Waals surface area contributed by atoms with Crippen LogP contribution in [0.5, 0.6) is 0 Å². The van der Waals surface area contributed by atoms with Crippen molar-refractivity contribution in [2.45, 2.75) is 50.6 Å². The van der Waals surface area contributed by atoms with Crippen molar-refractivity contribution in [1.29, 1.82) is 0 Å². The molecule has 1 amide bonds. The number of hydrogen-bond donors (Lipinski definition) is 2. The van der Waals surface area contributed by atoms with Crippen LogP contribution in [0.1, 0.15) is 38.5 Å². The molecule has 2 aliphatic rings. The molecule has 0 aromatic rings. The Balaban J connectivity index is 1.55. The van der Waals surface area contributed by atoms with E-state index in [0.717, 1.165) is 19.4 Å². The molecule has 98 valence electrons. The van der Waals surface area contributed by atoms with Gasteiger partial charge in [-0.1, -0.05) is 6.42 Å². The van der Waals surface area contributed by atoms with Crippen LogP contribution in [-0.2, 0) is 4.79 Å². The van der Waals surface area contributed by atoms with Gasteiger partial charge in [-0.2, -0.15) is 11.8 Å². The highest BCUT2D eigenvalue weighted by Gasteiger charge is 2.42. The van der Waals surface area contributed by atoms with Gasteiger partial charge in [0, 0.05) is 18.6 Å². The number of thioether (sulfide) groups is 1. The molecule has 3 atom stereocenters. The zero-order valence-corrected chi connectivity index (χ0v) is 11.5. The topological polar surface area (TPSA) is 41.1 Å². The van der Waals surface area contributed by atoms with E-state index < -0.39 is 0 Å². The Labute approximate surface area is 108 Å². The number of amides is 1. The van der Waals surface area contributed by atoms with Gasteiger partial charge >= 0.3 is 0 Å². The molecule has 3 nitrogen and oxygen atoms in total. The molecule has 2 rings (SSSR count). The van der Waals surface area contributed by atoms with Crippen LogP contribution in [-0.4, -0.2) is 36.5 Å². The lowest BCUT2D eigenvalue weighted by Gasteiger charge is -2.19. The van der Waals surface area contributed by atoms with Gasteiger partial charge in [0.15, 0.2) is 0 Å². The summed E-state index contributed by atoms with van der Waals surface area (Å²) in [6.45, 7) is 0.862. The first kappa shape index (κ1) is 13.2. The Morgan fingerprint density at radius 3 is 2.88 bits per heavy atom. The number of carbonyl (C=O) groups excluding carboxylic acids is 1. The van der Waals surface area contributed by atoms with Crippen LogP contribution in [0.25, 0.3) is 0 Å². The maximum atomic E-state index is 12.0. The van der Waals surface area contributed by atoms with Gasteiger partial charge in [-0.05, 0) is 44.1 Å². The molecule has 0 aliphatic carbocycles. The van der Waals surface area contributed by atoms with E-state index in [2.05, 4.69) is 16.9 Å². The molecule has 2 heterocycles. The van der Waals surface area contributed by atoms with Crippen LogP contribution in [0, 0.1) is 5.92 Å². The third kappa shape index (κ3) is 3.62. The molecule has 0 spiro atoms. The summed E-state index contributed by atoms with van der Waals surface area (Å²) in [5, 5.41) is 6.61. The summed E-state index contributed by atoms with van der Waals surface area (Å²) < 4.78 is 0. The van der Waals surface area contributed by atoms with Crippen LogP contribution in [0.4, 0.5) is 0 Å². The Morgan fingerprint density at radius 1 is 1.35 bits per heavy atom. The van der Waals surface area contributed by atoms with Gasteiger partial charge in [0.1, 0.15) is 0 Å². The number of rotatable bonds is 7. The minimum Gasteiger partial charge on any atom is -0.356 e. The fourth-order valence-electron chi connectivity index (χ4n) is 3.00. The summed E-state index contributed by atoms with van der Waals surface area (Å²) >= 11 is 1.90. The summed E-state index contributed by atoms with van der Waals surface area (Å²) in [4.78, 5) is 12.0. The van der Waals surface area contributed by atoms with Crippen LogP contribution in [0.3, 0.4) is 0 Å². The molecule has 3 unspecified atom stereocenters. The molecular weight excluding hydrogens is 232 g/mol. The van der Waals surface area contributed by atoms with E-state index >= 15 is 0 Å². The quantitative estimate of drug-likeness (QED) is 0.682. The molecule has 2 aliphatic heterocycles. The second kappa shape index (κ2) is 6.64. The number of unbranched alkanes of at least 4 members (excludes halogenated alkanes) is 2. The molecular formula is C13H24N2OS. The molecule has 0 saturated carbocycles. The second-order valence-electron chi connectivity index (χ2n) is 5.23. The molecule has 2 bridgehead atoms. The number of nitrogens with one attached hydrogen (secondary N) is 2. The highest BCUT2D eigenvalue weighted by molar-refractivity contribution is 7.98. The van der Waals surface area contributed by atoms with Gasteiger partial charge in [-0.25, -0.2) is 0 Å². The van der Waals surface area contributed by atoms with Gasteiger partial charge in [-0.3, -0.25) is 4.79 Å². The Kier molecular flexibility index (Phi) is 5.16. The number of carbonyl (C=O) groups is 1. The first-order valence-corrected chi connectivity index (χ1v) is 8.23. The lowest BCUT2D eigenvalue weighted by molar-refractivity contribution is -0.125. The van der Waals surface area contributed by atoms with Crippen molar-refractivity contribution < 1.29 is 4.79 Å². The lowest BCUT2D eigenvalue weighted by Crippen LogP contribution is -2.37. The molecule has 17 heavy (non-hydrogen) atoms. The van der Waals surface area contributed by atoms with E-state index in [1.807, 2.05) is 11.8 Å². The summed E-state index contributed by atoms with van der Waals surface area (Å²) in [6, 6.07) is 1.09. The average Bonchev–Trinajstić information content (AvgIpc) is 2.95. The highest BCUT2D eigenvalue weighted by Crippen LogP contribution is 2.33. The minimum atomic E-state index is 0.250. The largest absolute Gasteiger partial charge is 0.356 e. The normalized spacial score (nSPS) is 30.8. The van der Waals surface area contributed by atoms with Crippen molar-refractivity contribution in [3.05, 3.63) is 0 Å².